The first kappa shape index (κ1) is 14.3. The molecule has 5 nitrogen and oxygen atoms in total. The van der Waals surface area contributed by atoms with E-state index in [1.165, 1.54) is 0 Å². The van der Waals surface area contributed by atoms with Gasteiger partial charge in [0.15, 0.2) is 0 Å². The smallest absolute Gasteiger partial charge is 0.243 e. The van der Waals surface area contributed by atoms with E-state index in [1.807, 2.05) is 13.8 Å². The first-order valence-electron chi connectivity index (χ1n) is 6.25. The predicted molar refractivity (Wildman–Crippen MR) is 73.8 cm³/mol. The van der Waals surface area contributed by atoms with Gasteiger partial charge in [-0.2, -0.15) is 4.31 Å². The summed E-state index contributed by atoms with van der Waals surface area (Å²) in [5, 5.41) is 3.22. The van der Waals surface area contributed by atoms with E-state index in [9.17, 15) is 8.42 Å². The molecular weight excluding hydrogens is 264 g/mol. The number of piperazine rings is 1. The SMILES string of the molecule is COc1ccc(S(=O)(=O)N2CCNCC2(C)C)cc1. The van der Waals surface area contributed by atoms with Gasteiger partial charge in [-0.15, -0.1) is 0 Å². The van der Waals surface area contributed by atoms with Crippen molar-refractivity contribution >= 4 is 10.0 Å². The molecule has 6 heteroatoms. The maximum absolute atomic E-state index is 12.7. The van der Waals surface area contributed by atoms with Crippen molar-refractivity contribution in [3.63, 3.8) is 0 Å². The Labute approximate surface area is 114 Å². The van der Waals surface area contributed by atoms with Gasteiger partial charge < -0.3 is 10.1 Å². The maximum Gasteiger partial charge on any atom is 0.243 e. The predicted octanol–water partition coefficient (Wildman–Crippen LogP) is 1.07. The third-order valence-electron chi connectivity index (χ3n) is 3.37. The Kier molecular flexibility index (Phi) is 3.85. The summed E-state index contributed by atoms with van der Waals surface area (Å²) >= 11 is 0. The second-order valence-corrected chi connectivity index (χ2v) is 7.10. The van der Waals surface area contributed by atoms with E-state index < -0.39 is 15.6 Å². The molecular formula is C13H20N2O3S. The molecule has 19 heavy (non-hydrogen) atoms. The number of ether oxygens (including phenoxy) is 1. The zero-order chi connectivity index (χ0) is 14.1. The van der Waals surface area contributed by atoms with Crippen molar-refractivity contribution in [1.82, 2.24) is 9.62 Å². The molecule has 0 atom stereocenters. The second-order valence-electron chi connectivity index (χ2n) is 5.24. The lowest BCUT2D eigenvalue weighted by atomic mass is 10.0. The lowest BCUT2D eigenvalue weighted by Gasteiger charge is -2.41. The molecule has 1 aliphatic rings. The van der Waals surface area contributed by atoms with E-state index >= 15 is 0 Å². The summed E-state index contributed by atoms with van der Waals surface area (Å²) in [5.74, 6) is 0.651. The molecule has 0 aromatic heterocycles. The van der Waals surface area contributed by atoms with E-state index in [0.29, 0.717) is 30.3 Å². The summed E-state index contributed by atoms with van der Waals surface area (Å²) in [5.41, 5.74) is -0.420. The molecule has 1 N–H and O–H groups in total. The fourth-order valence-electron chi connectivity index (χ4n) is 2.29. The van der Waals surface area contributed by atoms with Crippen molar-refractivity contribution in [3.8, 4) is 5.75 Å². The number of hydrogen-bond acceptors (Lipinski definition) is 4. The van der Waals surface area contributed by atoms with Gasteiger partial charge in [0.05, 0.1) is 12.0 Å². The second kappa shape index (κ2) is 5.11. The summed E-state index contributed by atoms with van der Waals surface area (Å²) < 4.78 is 31.9. The summed E-state index contributed by atoms with van der Waals surface area (Å²) in [6.07, 6.45) is 0. The van der Waals surface area contributed by atoms with Crippen LogP contribution in [-0.4, -0.2) is 45.0 Å². The van der Waals surface area contributed by atoms with E-state index in [2.05, 4.69) is 5.32 Å². The van der Waals surface area contributed by atoms with Crippen molar-refractivity contribution in [1.29, 1.82) is 0 Å². The molecule has 0 spiro atoms. The van der Waals surface area contributed by atoms with Crippen molar-refractivity contribution in [2.45, 2.75) is 24.3 Å². The molecule has 2 rings (SSSR count). The first-order chi connectivity index (χ1) is 8.88. The van der Waals surface area contributed by atoms with Crippen LogP contribution in [0.3, 0.4) is 0 Å². The van der Waals surface area contributed by atoms with Gasteiger partial charge in [-0.1, -0.05) is 0 Å². The maximum atomic E-state index is 12.7. The van der Waals surface area contributed by atoms with E-state index in [0.717, 1.165) is 0 Å². The van der Waals surface area contributed by atoms with Crippen LogP contribution in [0.2, 0.25) is 0 Å². The molecule has 106 valence electrons. The molecule has 1 heterocycles. The minimum absolute atomic E-state index is 0.309. The Morgan fingerprint density at radius 3 is 2.42 bits per heavy atom. The van der Waals surface area contributed by atoms with Crippen molar-refractivity contribution in [2.24, 2.45) is 0 Å². The number of nitrogens with zero attached hydrogens (tertiary/aromatic N) is 1. The standard InChI is InChI=1S/C13H20N2O3S/c1-13(2)10-14-8-9-15(13)19(16,17)12-6-4-11(18-3)5-7-12/h4-7,14H,8-10H2,1-3H3. The van der Waals surface area contributed by atoms with Crippen LogP contribution >= 0.6 is 0 Å². The molecule has 0 aliphatic carbocycles. The quantitative estimate of drug-likeness (QED) is 0.902. The molecule has 0 saturated carbocycles. The lowest BCUT2D eigenvalue weighted by molar-refractivity contribution is 0.186. The molecule has 1 aromatic carbocycles. The average molecular weight is 284 g/mol. The van der Waals surface area contributed by atoms with Crippen LogP contribution in [0.15, 0.2) is 29.2 Å². The molecule has 0 amide bonds. The molecule has 0 bridgehead atoms. The van der Waals surface area contributed by atoms with Gasteiger partial charge in [0.2, 0.25) is 10.0 Å². The van der Waals surface area contributed by atoms with Crippen LogP contribution in [-0.2, 0) is 10.0 Å². The third kappa shape index (κ3) is 2.75. The van der Waals surface area contributed by atoms with Crippen LogP contribution < -0.4 is 10.1 Å². The van der Waals surface area contributed by atoms with Crippen LogP contribution in [0.5, 0.6) is 5.75 Å². The highest BCUT2D eigenvalue weighted by molar-refractivity contribution is 7.89. The normalized spacial score (nSPS) is 20.2. The zero-order valence-corrected chi connectivity index (χ0v) is 12.3. The van der Waals surface area contributed by atoms with Gasteiger partial charge in [0.25, 0.3) is 0 Å². The van der Waals surface area contributed by atoms with E-state index in [1.54, 1.807) is 35.7 Å². The summed E-state index contributed by atoms with van der Waals surface area (Å²) in [6, 6.07) is 6.52. The number of hydrogen-bond donors (Lipinski definition) is 1. The highest BCUT2D eigenvalue weighted by Crippen LogP contribution is 2.26. The summed E-state index contributed by atoms with van der Waals surface area (Å²) in [6.45, 7) is 5.68. The number of sulfonamides is 1. The highest BCUT2D eigenvalue weighted by Gasteiger charge is 2.38. The Morgan fingerprint density at radius 1 is 1.26 bits per heavy atom. The molecule has 0 radical (unpaired) electrons. The van der Waals surface area contributed by atoms with Crippen molar-refractivity contribution in [3.05, 3.63) is 24.3 Å². The van der Waals surface area contributed by atoms with E-state index in [4.69, 9.17) is 4.74 Å². The Bertz CT molecular complexity index is 538. The Balaban J connectivity index is 2.35. The Morgan fingerprint density at radius 2 is 1.89 bits per heavy atom. The number of methoxy groups -OCH3 is 1. The minimum atomic E-state index is -3.46. The first-order valence-corrected chi connectivity index (χ1v) is 7.69. The van der Waals surface area contributed by atoms with Crippen LogP contribution in [0.1, 0.15) is 13.8 Å². The minimum Gasteiger partial charge on any atom is -0.497 e. The fraction of sp³-hybridized carbons (Fsp3) is 0.538. The summed E-state index contributed by atoms with van der Waals surface area (Å²) in [7, 11) is -1.90. The van der Waals surface area contributed by atoms with Gasteiger partial charge >= 0.3 is 0 Å². The fourth-order valence-corrected chi connectivity index (χ4v) is 4.07. The topological polar surface area (TPSA) is 58.6 Å². The van der Waals surface area contributed by atoms with Gasteiger partial charge in [0, 0.05) is 25.2 Å². The average Bonchev–Trinajstić information content (AvgIpc) is 2.38. The van der Waals surface area contributed by atoms with Crippen LogP contribution in [0.25, 0.3) is 0 Å². The van der Waals surface area contributed by atoms with Gasteiger partial charge in [-0.05, 0) is 38.1 Å². The van der Waals surface area contributed by atoms with Gasteiger partial charge in [-0.25, -0.2) is 8.42 Å². The molecule has 1 saturated heterocycles. The molecule has 1 fully saturated rings. The van der Waals surface area contributed by atoms with Crippen molar-refractivity contribution < 1.29 is 13.2 Å². The molecule has 1 aromatic rings. The van der Waals surface area contributed by atoms with Gasteiger partial charge in [0.1, 0.15) is 5.75 Å². The molecule has 0 unspecified atom stereocenters. The lowest BCUT2D eigenvalue weighted by Crippen LogP contribution is -2.59. The van der Waals surface area contributed by atoms with Gasteiger partial charge in [-0.3, -0.25) is 0 Å². The monoisotopic (exact) mass is 284 g/mol. The van der Waals surface area contributed by atoms with Crippen molar-refractivity contribution in [2.75, 3.05) is 26.7 Å². The highest BCUT2D eigenvalue weighted by atomic mass is 32.2. The van der Waals surface area contributed by atoms with Crippen LogP contribution in [0.4, 0.5) is 0 Å². The third-order valence-corrected chi connectivity index (χ3v) is 5.50. The summed E-state index contributed by atoms with van der Waals surface area (Å²) in [4.78, 5) is 0.309. The number of rotatable bonds is 3. The van der Waals surface area contributed by atoms with Crippen LogP contribution in [0, 0.1) is 0 Å². The Hall–Kier alpha value is -1.11. The largest absolute Gasteiger partial charge is 0.497 e. The number of benzene rings is 1. The number of nitrogens with one attached hydrogen (secondary N) is 1. The molecule has 1 aliphatic heterocycles. The zero-order valence-electron chi connectivity index (χ0n) is 11.5. The van der Waals surface area contributed by atoms with E-state index in [-0.39, 0.29) is 0 Å².